The Morgan fingerprint density at radius 2 is 2.06 bits per heavy atom. The molecule has 2 aromatic rings. The predicted octanol–water partition coefficient (Wildman–Crippen LogP) is 3.65. The molecule has 0 spiro atoms. The largest absolute Gasteiger partial charge is 0.334 e. The van der Waals surface area contributed by atoms with Crippen molar-refractivity contribution in [1.29, 1.82) is 0 Å². The number of rotatable bonds is 3. The van der Waals surface area contributed by atoms with Crippen molar-refractivity contribution in [2.75, 3.05) is 17.6 Å². The summed E-state index contributed by atoms with van der Waals surface area (Å²) < 4.78 is 0. The molecule has 0 aliphatic carbocycles. The van der Waals surface area contributed by atoms with Crippen LogP contribution in [-0.2, 0) is 22.6 Å². The lowest BCUT2D eigenvalue weighted by Gasteiger charge is -2.30. The number of benzene rings is 1. The van der Waals surface area contributed by atoms with Gasteiger partial charge in [-0.05, 0) is 61.4 Å². The van der Waals surface area contributed by atoms with E-state index in [1.165, 1.54) is 10.4 Å². The second-order valence-corrected chi connectivity index (χ2v) is 11.1. The van der Waals surface area contributed by atoms with Crippen molar-refractivity contribution in [2.45, 2.75) is 50.6 Å². The first-order valence-electron chi connectivity index (χ1n) is 10.6. The molecular formula is C23H25N3O3S2. The Labute approximate surface area is 190 Å². The molecule has 0 bridgehead atoms. The zero-order valence-electron chi connectivity index (χ0n) is 17.6. The first-order valence-corrected chi connectivity index (χ1v) is 12.4. The molecule has 8 heteroatoms. The van der Waals surface area contributed by atoms with Crippen molar-refractivity contribution in [3.05, 3.63) is 51.2 Å². The van der Waals surface area contributed by atoms with Crippen LogP contribution in [0.1, 0.15) is 46.1 Å². The molecule has 1 aromatic heterocycles. The molecule has 1 N–H and O–H groups in total. The summed E-state index contributed by atoms with van der Waals surface area (Å²) in [6.07, 6.45) is 2.17. The van der Waals surface area contributed by atoms with E-state index in [4.69, 9.17) is 0 Å². The van der Waals surface area contributed by atoms with Gasteiger partial charge in [0.25, 0.3) is 5.91 Å². The van der Waals surface area contributed by atoms with E-state index >= 15 is 0 Å². The summed E-state index contributed by atoms with van der Waals surface area (Å²) in [6, 6.07) is 7.08. The number of carbonyl (C=O) groups excluding carboxylic acids is 3. The fraction of sp³-hybridized carbons (Fsp3) is 0.435. The summed E-state index contributed by atoms with van der Waals surface area (Å²) in [5, 5.41) is 5.08. The van der Waals surface area contributed by atoms with Gasteiger partial charge in [-0.15, -0.1) is 23.1 Å². The maximum atomic E-state index is 13.2. The lowest BCUT2D eigenvalue weighted by molar-refractivity contribution is -0.135. The zero-order valence-corrected chi connectivity index (χ0v) is 19.3. The summed E-state index contributed by atoms with van der Waals surface area (Å²) in [5.41, 5.74) is 3.23. The van der Waals surface area contributed by atoms with Gasteiger partial charge >= 0.3 is 0 Å². The molecule has 2 saturated heterocycles. The average molecular weight is 456 g/mol. The van der Waals surface area contributed by atoms with Crippen molar-refractivity contribution in [1.82, 2.24) is 9.80 Å². The molecule has 3 aliphatic heterocycles. The molecule has 3 aliphatic rings. The predicted molar refractivity (Wildman–Crippen MR) is 123 cm³/mol. The van der Waals surface area contributed by atoms with Crippen LogP contribution in [0.3, 0.4) is 0 Å². The van der Waals surface area contributed by atoms with Crippen molar-refractivity contribution in [2.24, 2.45) is 0 Å². The maximum absolute atomic E-state index is 13.2. The van der Waals surface area contributed by atoms with Gasteiger partial charge in [0.2, 0.25) is 11.8 Å². The maximum Gasteiger partial charge on any atom is 0.254 e. The van der Waals surface area contributed by atoms with Crippen LogP contribution in [0.4, 0.5) is 5.69 Å². The molecule has 5 rings (SSSR count). The van der Waals surface area contributed by atoms with Gasteiger partial charge in [-0.1, -0.05) is 6.07 Å². The van der Waals surface area contributed by atoms with Crippen LogP contribution in [0.25, 0.3) is 0 Å². The Morgan fingerprint density at radius 3 is 2.90 bits per heavy atom. The van der Waals surface area contributed by atoms with Crippen LogP contribution < -0.4 is 5.32 Å². The SMILES string of the molecule is Cc1c(NC(=O)[C@H]2CS[C@]3(C)CCC(=O)N23)cccc1C(=O)N1CCc2sccc2C1. The fourth-order valence-electron chi connectivity index (χ4n) is 4.83. The van der Waals surface area contributed by atoms with E-state index in [9.17, 15) is 14.4 Å². The quantitative estimate of drug-likeness (QED) is 0.767. The van der Waals surface area contributed by atoms with Gasteiger partial charge in [0, 0.05) is 41.4 Å². The smallest absolute Gasteiger partial charge is 0.254 e. The Bertz CT molecular complexity index is 1080. The minimum Gasteiger partial charge on any atom is -0.334 e. The Morgan fingerprint density at radius 1 is 1.23 bits per heavy atom. The molecule has 6 nitrogen and oxygen atoms in total. The Balaban J connectivity index is 1.34. The molecular weight excluding hydrogens is 430 g/mol. The van der Waals surface area contributed by atoms with Crippen LogP contribution >= 0.6 is 23.1 Å². The van der Waals surface area contributed by atoms with Crippen LogP contribution in [0, 0.1) is 6.92 Å². The van der Waals surface area contributed by atoms with Gasteiger partial charge in [-0.2, -0.15) is 0 Å². The number of carbonyl (C=O) groups is 3. The second-order valence-electron chi connectivity index (χ2n) is 8.58. The third-order valence-corrected chi connectivity index (χ3v) is 9.19. The molecule has 31 heavy (non-hydrogen) atoms. The van der Waals surface area contributed by atoms with Gasteiger partial charge < -0.3 is 15.1 Å². The monoisotopic (exact) mass is 455 g/mol. The summed E-state index contributed by atoms with van der Waals surface area (Å²) in [4.78, 5) is 43.4. The number of nitrogens with zero attached hydrogens (tertiary/aromatic N) is 2. The lowest BCUT2D eigenvalue weighted by Crippen LogP contribution is -2.48. The fourth-order valence-corrected chi connectivity index (χ4v) is 7.15. The lowest BCUT2D eigenvalue weighted by atomic mass is 10.0. The van der Waals surface area contributed by atoms with Crippen LogP contribution in [0.15, 0.2) is 29.6 Å². The van der Waals surface area contributed by atoms with Crippen LogP contribution in [-0.4, -0.2) is 50.7 Å². The van der Waals surface area contributed by atoms with E-state index in [2.05, 4.69) is 16.8 Å². The number of thioether (sulfide) groups is 1. The minimum atomic E-state index is -0.470. The summed E-state index contributed by atoms with van der Waals surface area (Å²) in [7, 11) is 0. The zero-order chi connectivity index (χ0) is 21.8. The third-order valence-electron chi connectivity index (χ3n) is 6.66. The van der Waals surface area contributed by atoms with Gasteiger partial charge in [0.15, 0.2) is 0 Å². The number of anilines is 1. The van der Waals surface area contributed by atoms with Crippen molar-refractivity contribution < 1.29 is 14.4 Å². The normalized spacial score (nSPS) is 24.8. The average Bonchev–Trinajstić information content (AvgIpc) is 3.44. The molecule has 0 unspecified atom stereocenters. The summed E-state index contributed by atoms with van der Waals surface area (Å²) in [6.45, 7) is 5.25. The highest BCUT2D eigenvalue weighted by Crippen LogP contribution is 2.47. The van der Waals surface area contributed by atoms with E-state index in [-0.39, 0.29) is 22.6 Å². The Hall–Kier alpha value is -2.32. The first kappa shape index (κ1) is 20.6. The standard InChI is InChI=1S/C23H25N3O3S2/c1-14-16(22(29)25-10-7-19-15(12-25)8-11-30-19)4-3-5-17(14)24-21(28)18-13-31-23(2)9-6-20(27)26(18)23/h3-5,8,11,18H,6-7,9-10,12-13H2,1-2H3,(H,24,28)/t18-,23-/m1/s1. The number of nitrogens with one attached hydrogen (secondary N) is 1. The van der Waals surface area contributed by atoms with E-state index in [1.54, 1.807) is 28.0 Å². The summed E-state index contributed by atoms with van der Waals surface area (Å²) >= 11 is 3.43. The number of amides is 3. The first-order chi connectivity index (χ1) is 14.9. The molecule has 1 aromatic carbocycles. The number of hydrogen-bond acceptors (Lipinski definition) is 5. The Kier molecular flexibility index (Phi) is 5.09. The highest BCUT2D eigenvalue weighted by atomic mass is 32.2. The topological polar surface area (TPSA) is 69.7 Å². The highest BCUT2D eigenvalue weighted by molar-refractivity contribution is 8.01. The number of hydrogen-bond donors (Lipinski definition) is 1. The van der Waals surface area contributed by atoms with Gasteiger partial charge in [0.05, 0.1) is 4.87 Å². The highest BCUT2D eigenvalue weighted by Gasteiger charge is 2.52. The third kappa shape index (κ3) is 3.46. The van der Waals surface area contributed by atoms with Gasteiger partial charge in [-0.3, -0.25) is 14.4 Å². The molecule has 162 valence electrons. The minimum absolute atomic E-state index is 0.0100. The summed E-state index contributed by atoms with van der Waals surface area (Å²) in [5.74, 6) is 0.457. The van der Waals surface area contributed by atoms with Crippen molar-refractivity contribution in [3.8, 4) is 0 Å². The van der Waals surface area contributed by atoms with E-state index in [0.717, 1.165) is 18.4 Å². The van der Waals surface area contributed by atoms with E-state index in [1.807, 2.05) is 36.9 Å². The molecule has 2 fully saturated rings. The van der Waals surface area contributed by atoms with E-state index in [0.29, 0.717) is 36.5 Å². The number of fused-ring (bicyclic) bond motifs is 2. The van der Waals surface area contributed by atoms with Crippen LogP contribution in [0.5, 0.6) is 0 Å². The van der Waals surface area contributed by atoms with Gasteiger partial charge in [-0.25, -0.2) is 0 Å². The van der Waals surface area contributed by atoms with E-state index < -0.39 is 6.04 Å². The molecule has 4 heterocycles. The molecule has 2 atom stereocenters. The second kappa shape index (κ2) is 7.67. The number of thiophene rings is 1. The molecule has 3 amide bonds. The van der Waals surface area contributed by atoms with Crippen molar-refractivity contribution in [3.63, 3.8) is 0 Å². The van der Waals surface area contributed by atoms with Crippen LogP contribution in [0.2, 0.25) is 0 Å². The molecule has 0 radical (unpaired) electrons. The van der Waals surface area contributed by atoms with Crippen molar-refractivity contribution >= 4 is 46.5 Å². The molecule has 0 saturated carbocycles. The van der Waals surface area contributed by atoms with Gasteiger partial charge in [0.1, 0.15) is 6.04 Å².